The summed E-state index contributed by atoms with van der Waals surface area (Å²) in [6, 6.07) is 0. The van der Waals surface area contributed by atoms with Crippen LogP contribution in [0.3, 0.4) is 0 Å². The SMILES string of the molecule is CC(C)S(=O)(=O)C(=O)c1scnc1C(=O)O. The third-order valence-electron chi connectivity index (χ3n) is 1.83. The maximum Gasteiger partial charge on any atom is 0.356 e. The van der Waals surface area contributed by atoms with Gasteiger partial charge in [0.25, 0.3) is 5.12 Å². The zero-order valence-corrected chi connectivity index (χ0v) is 10.1. The van der Waals surface area contributed by atoms with Crippen molar-refractivity contribution in [1.82, 2.24) is 4.98 Å². The van der Waals surface area contributed by atoms with Gasteiger partial charge in [-0.25, -0.2) is 18.2 Å². The second kappa shape index (κ2) is 4.30. The van der Waals surface area contributed by atoms with Crippen molar-refractivity contribution >= 4 is 32.3 Å². The van der Waals surface area contributed by atoms with E-state index in [1.54, 1.807) is 0 Å². The molecule has 0 saturated carbocycles. The molecule has 1 rings (SSSR count). The lowest BCUT2D eigenvalue weighted by atomic mass is 10.4. The van der Waals surface area contributed by atoms with Crippen LogP contribution in [0.4, 0.5) is 0 Å². The summed E-state index contributed by atoms with van der Waals surface area (Å²) < 4.78 is 23.1. The van der Waals surface area contributed by atoms with Gasteiger partial charge in [-0.15, -0.1) is 11.3 Å². The molecular formula is C8H9NO5S2. The normalized spacial score (nSPS) is 11.7. The highest BCUT2D eigenvalue weighted by molar-refractivity contribution is 8.07. The third-order valence-corrected chi connectivity index (χ3v) is 4.75. The number of sulfone groups is 1. The highest BCUT2D eigenvalue weighted by Crippen LogP contribution is 2.19. The number of carbonyl (C=O) groups excluding carboxylic acids is 1. The number of rotatable bonds is 3. The van der Waals surface area contributed by atoms with Gasteiger partial charge in [0.1, 0.15) is 4.88 Å². The standard InChI is InChI=1S/C8H9NO5S2/c1-4(2)16(13,14)8(12)6-5(7(10)11)9-3-15-6/h3-4H,1-2H3,(H,10,11). The highest BCUT2D eigenvalue weighted by atomic mass is 32.2. The van der Waals surface area contributed by atoms with E-state index in [0.717, 1.165) is 5.51 Å². The molecule has 0 aromatic carbocycles. The molecule has 0 unspecified atom stereocenters. The van der Waals surface area contributed by atoms with Crippen molar-refractivity contribution in [3.05, 3.63) is 16.1 Å². The number of hydrogen-bond acceptors (Lipinski definition) is 6. The van der Waals surface area contributed by atoms with Gasteiger partial charge in [0.05, 0.1) is 10.8 Å². The van der Waals surface area contributed by atoms with Crippen LogP contribution in [0, 0.1) is 0 Å². The lowest BCUT2D eigenvalue weighted by Gasteiger charge is -2.04. The summed E-state index contributed by atoms with van der Waals surface area (Å²) >= 11 is 0.710. The van der Waals surface area contributed by atoms with Crippen molar-refractivity contribution in [2.24, 2.45) is 0 Å². The van der Waals surface area contributed by atoms with E-state index in [2.05, 4.69) is 4.98 Å². The van der Waals surface area contributed by atoms with Crippen LogP contribution < -0.4 is 0 Å². The maximum atomic E-state index is 11.6. The summed E-state index contributed by atoms with van der Waals surface area (Å²) in [4.78, 5) is 25.4. The largest absolute Gasteiger partial charge is 0.476 e. The summed E-state index contributed by atoms with van der Waals surface area (Å²) in [5.74, 6) is -1.41. The van der Waals surface area contributed by atoms with Gasteiger partial charge in [0.2, 0.25) is 9.84 Å². The van der Waals surface area contributed by atoms with Gasteiger partial charge >= 0.3 is 5.97 Å². The number of carboxylic acid groups (broad SMARTS) is 1. The molecule has 0 spiro atoms. The first-order chi connectivity index (χ1) is 7.28. The van der Waals surface area contributed by atoms with Crippen molar-refractivity contribution in [2.45, 2.75) is 19.1 Å². The number of carbonyl (C=O) groups is 2. The molecule has 0 radical (unpaired) electrons. The zero-order valence-electron chi connectivity index (χ0n) is 8.50. The lowest BCUT2D eigenvalue weighted by Crippen LogP contribution is -2.24. The van der Waals surface area contributed by atoms with Crippen LogP contribution in [0.15, 0.2) is 5.51 Å². The summed E-state index contributed by atoms with van der Waals surface area (Å²) in [7, 11) is -3.99. The van der Waals surface area contributed by atoms with E-state index in [4.69, 9.17) is 5.11 Å². The molecule has 0 aliphatic rings. The molecule has 1 aromatic heterocycles. The van der Waals surface area contributed by atoms with Gasteiger partial charge in [0.15, 0.2) is 5.69 Å². The minimum absolute atomic E-state index is 0.346. The molecule has 0 aliphatic heterocycles. The molecule has 0 amide bonds. The molecule has 0 fully saturated rings. The van der Waals surface area contributed by atoms with Crippen LogP contribution in [-0.2, 0) is 9.84 Å². The fourth-order valence-corrected chi connectivity index (χ4v) is 2.77. The molecule has 1 aromatic rings. The van der Waals surface area contributed by atoms with Gasteiger partial charge in [-0.1, -0.05) is 0 Å². The number of aromatic nitrogens is 1. The Balaban J connectivity index is 3.27. The van der Waals surface area contributed by atoms with Gasteiger partial charge in [-0.05, 0) is 13.8 Å². The average molecular weight is 263 g/mol. The molecule has 0 bridgehead atoms. The highest BCUT2D eigenvalue weighted by Gasteiger charge is 2.32. The van der Waals surface area contributed by atoms with E-state index in [0.29, 0.717) is 11.3 Å². The summed E-state index contributed by atoms with van der Waals surface area (Å²) in [6.45, 7) is 2.71. The Morgan fingerprint density at radius 1 is 1.44 bits per heavy atom. The van der Waals surface area contributed by atoms with E-state index < -0.39 is 31.9 Å². The number of aromatic carboxylic acids is 1. The third kappa shape index (κ3) is 2.12. The fraction of sp³-hybridized carbons (Fsp3) is 0.375. The van der Waals surface area contributed by atoms with E-state index >= 15 is 0 Å². The Labute approximate surface area is 95.9 Å². The second-order valence-corrected chi connectivity index (χ2v) is 6.47. The summed E-state index contributed by atoms with van der Waals surface area (Å²) in [5, 5.41) is 6.64. The zero-order chi connectivity index (χ0) is 12.5. The molecular weight excluding hydrogens is 254 g/mol. The van der Waals surface area contributed by atoms with Gasteiger partial charge in [-0.2, -0.15) is 0 Å². The summed E-state index contributed by atoms with van der Waals surface area (Å²) in [6.07, 6.45) is 0. The molecule has 1 N–H and O–H groups in total. The van der Waals surface area contributed by atoms with E-state index in [1.165, 1.54) is 13.8 Å². The number of hydrogen-bond donors (Lipinski definition) is 1. The van der Waals surface area contributed by atoms with Crippen LogP contribution in [0.5, 0.6) is 0 Å². The maximum absolute atomic E-state index is 11.6. The van der Waals surface area contributed by atoms with E-state index in [9.17, 15) is 18.0 Å². The molecule has 8 heteroatoms. The quantitative estimate of drug-likeness (QED) is 0.865. The minimum Gasteiger partial charge on any atom is -0.476 e. The Morgan fingerprint density at radius 3 is 2.44 bits per heavy atom. The molecule has 1 heterocycles. The molecule has 88 valence electrons. The molecule has 0 atom stereocenters. The first kappa shape index (κ1) is 12.8. The first-order valence-electron chi connectivity index (χ1n) is 4.23. The number of carboxylic acids is 1. The Morgan fingerprint density at radius 2 is 2.00 bits per heavy atom. The minimum atomic E-state index is -3.99. The van der Waals surface area contributed by atoms with Gasteiger partial charge in [0, 0.05) is 0 Å². The smallest absolute Gasteiger partial charge is 0.356 e. The van der Waals surface area contributed by atoms with Crippen molar-refractivity contribution in [3.8, 4) is 0 Å². The Bertz CT molecular complexity index is 528. The van der Waals surface area contributed by atoms with E-state index in [1.807, 2.05) is 0 Å². The van der Waals surface area contributed by atoms with Gasteiger partial charge < -0.3 is 5.11 Å². The van der Waals surface area contributed by atoms with Crippen molar-refractivity contribution in [2.75, 3.05) is 0 Å². The molecule has 6 nitrogen and oxygen atoms in total. The number of thiazole rings is 1. The summed E-state index contributed by atoms with van der Waals surface area (Å²) in [5.41, 5.74) is 0.617. The number of nitrogens with zero attached hydrogens (tertiary/aromatic N) is 1. The fourth-order valence-electron chi connectivity index (χ4n) is 0.887. The average Bonchev–Trinajstić information content (AvgIpc) is 2.64. The van der Waals surface area contributed by atoms with Crippen molar-refractivity contribution in [3.63, 3.8) is 0 Å². The Kier molecular flexibility index (Phi) is 3.44. The van der Waals surface area contributed by atoms with Crippen molar-refractivity contribution in [1.29, 1.82) is 0 Å². The van der Waals surface area contributed by atoms with Gasteiger partial charge in [-0.3, -0.25) is 4.79 Å². The molecule has 0 aliphatic carbocycles. The Hall–Kier alpha value is -1.28. The molecule has 0 saturated heterocycles. The van der Waals surface area contributed by atoms with Crippen LogP contribution in [0.2, 0.25) is 0 Å². The topological polar surface area (TPSA) is 101 Å². The van der Waals surface area contributed by atoms with E-state index in [-0.39, 0.29) is 4.88 Å². The predicted molar refractivity (Wildman–Crippen MR) is 57.5 cm³/mol. The lowest BCUT2D eigenvalue weighted by molar-refractivity contribution is 0.0688. The van der Waals surface area contributed by atoms with Crippen molar-refractivity contribution < 1.29 is 23.1 Å². The monoisotopic (exact) mass is 263 g/mol. The van der Waals surface area contributed by atoms with Crippen LogP contribution in [0.25, 0.3) is 0 Å². The van der Waals surface area contributed by atoms with Crippen LogP contribution in [0.1, 0.15) is 34.0 Å². The molecule has 16 heavy (non-hydrogen) atoms. The first-order valence-corrected chi connectivity index (χ1v) is 6.66. The predicted octanol–water partition coefficient (Wildman–Crippen LogP) is 0.805. The van der Waals surface area contributed by atoms with Crippen LogP contribution in [-0.4, -0.2) is 34.8 Å². The second-order valence-electron chi connectivity index (χ2n) is 3.22. The van der Waals surface area contributed by atoms with Crippen LogP contribution >= 0.6 is 11.3 Å².